The number of halogens is 2. The van der Waals surface area contributed by atoms with Crippen LogP contribution < -0.4 is 10.6 Å². The van der Waals surface area contributed by atoms with Gasteiger partial charge >= 0.3 is 0 Å². The van der Waals surface area contributed by atoms with E-state index < -0.39 is 0 Å². The smallest absolute Gasteiger partial charge is 0.270 e. The van der Waals surface area contributed by atoms with E-state index in [0.717, 1.165) is 76.1 Å². The highest BCUT2D eigenvalue weighted by Crippen LogP contribution is 2.17. The van der Waals surface area contributed by atoms with Crippen LogP contribution in [0.4, 0.5) is 8.78 Å². The average molecular weight is 548 g/mol. The lowest BCUT2D eigenvalue weighted by Gasteiger charge is -2.32. The molecule has 0 atom stereocenters. The maximum absolute atomic E-state index is 13.1. The number of carbonyl (C=O) groups is 2. The number of hydrogen-bond donors (Lipinski definition) is 2. The van der Waals surface area contributed by atoms with Gasteiger partial charge in [-0.2, -0.15) is 0 Å². The normalized spacial score (nSPS) is 17.4. The number of piperidine rings is 2. The lowest BCUT2D eigenvalue weighted by molar-refractivity contribution is 0.0899. The van der Waals surface area contributed by atoms with Crippen LogP contribution in [0, 0.1) is 11.6 Å². The Hall–Kier alpha value is -3.69. The Balaban J connectivity index is 1.06. The minimum Gasteiger partial charge on any atom is -0.348 e. The number of nitrogens with one attached hydrogen (secondary N) is 2. The number of hydrogen-bond acceptors (Lipinski definition) is 5. The number of amides is 2. The van der Waals surface area contributed by atoms with Gasteiger partial charge in [0.25, 0.3) is 11.8 Å². The maximum atomic E-state index is 13.1. The fraction of sp³-hybridized carbons (Fsp3) is 0.387. The molecule has 0 radical (unpaired) electrons. The predicted octanol–water partition coefficient (Wildman–Crippen LogP) is 4.15. The molecular weight excluding hydrogens is 512 g/mol. The molecule has 2 aliphatic rings. The number of aromatic nitrogens is 1. The summed E-state index contributed by atoms with van der Waals surface area (Å²) in [5, 5.41) is 6.13. The van der Waals surface area contributed by atoms with Crippen molar-refractivity contribution < 1.29 is 18.4 Å². The van der Waals surface area contributed by atoms with E-state index in [4.69, 9.17) is 0 Å². The van der Waals surface area contributed by atoms with Gasteiger partial charge in [0.05, 0.1) is 0 Å². The molecule has 2 saturated heterocycles. The Labute approximate surface area is 233 Å². The zero-order chi connectivity index (χ0) is 27.9. The Morgan fingerprint density at radius 2 is 1.02 bits per heavy atom. The molecule has 3 heterocycles. The predicted molar refractivity (Wildman–Crippen MR) is 149 cm³/mol. The zero-order valence-corrected chi connectivity index (χ0v) is 22.5. The van der Waals surface area contributed by atoms with Crippen LogP contribution in [-0.2, 0) is 13.1 Å². The number of rotatable bonds is 8. The molecule has 2 fully saturated rings. The Morgan fingerprint density at radius 3 is 1.40 bits per heavy atom. The second-order valence-corrected chi connectivity index (χ2v) is 10.7. The molecule has 0 bridgehead atoms. The molecule has 0 unspecified atom stereocenters. The van der Waals surface area contributed by atoms with Crippen LogP contribution in [0.2, 0.25) is 0 Å². The van der Waals surface area contributed by atoms with E-state index in [1.165, 1.54) is 24.3 Å². The quantitative estimate of drug-likeness (QED) is 0.443. The summed E-state index contributed by atoms with van der Waals surface area (Å²) in [6.07, 6.45) is 3.25. The highest BCUT2D eigenvalue weighted by atomic mass is 19.1. The van der Waals surface area contributed by atoms with Crippen molar-refractivity contribution in [3.8, 4) is 0 Å². The summed E-state index contributed by atoms with van der Waals surface area (Å²) in [6, 6.07) is 18.1. The summed E-state index contributed by atoms with van der Waals surface area (Å²) < 4.78 is 26.3. The van der Waals surface area contributed by atoms with E-state index in [1.807, 2.05) is 0 Å². The summed E-state index contributed by atoms with van der Waals surface area (Å²) in [6.45, 7) is 4.85. The van der Waals surface area contributed by atoms with Crippen molar-refractivity contribution >= 4 is 11.8 Å². The Kier molecular flexibility index (Phi) is 9.13. The minimum absolute atomic E-state index is 0.0383. The van der Waals surface area contributed by atoms with Gasteiger partial charge in [0, 0.05) is 51.4 Å². The van der Waals surface area contributed by atoms with E-state index in [0.29, 0.717) is 0 Å². The molecule has 9 heteroatoms. The van der Waals surface area contributed by atoms with Crippen LogP contribution in [0.3, 0.4) is 0 Å². The number of pyridine rings is 1. The van der Waals surface area contributed by atoms with Gasteiger partial charge in [0.15, 0.2) is 0 Å². The molecule has 0 saturated carbocycles. The van der Waals surface area contributed by atoms with Gasteiger partial charge < -0.3 is 10.6 Å². The number of benzene rings is 2. The highest BCUT2D eigenvalue weighted by Gasteiger charge is 2.24. The fourth-order valence-corrected chi connectivity index (χ4v) is 5.37. The summed E-state index contributed by atoms with van der Waals surface area (Å²) >= 11 is 0. The van der Waals surface area contributed by atoms with Gasteiger partial charge in [-0.1, -0.05) is 30.3 Å². The second-order valence-electron chi connectivity index (χ2n) is 10.7. The first kappa shape index (κ1) is 27.9. The van der Waals surface area contributed by atoms with Crippen LogP contribution in [0.15, 0.2) is 66.7 Å². The largest absolute Gasteiger partial charge is 0.348 e. The molecule has 3 aromatic rings. The second kappa shape index (κ2) is 13.1. The number of carbonyl (C=O) groups excluding carboxylic acids is 2. The van der Waals surface area contributed by atoms with Crippen molar-refractivity contribution in [2.24, 2.45) is 0 Å². The van der Waals surface area contributed by atoms with E-state index in [9.17, 15) is 18.4 Å². The van der Waals surface area contributed by atoms with Gasteiger partial charge in [-0.15, -0.1) is 0 Å². The topological polar surface area (TPSA) is 77.6 Å². The van der Waals surface area contributed by atoms with Gasteiger partial charge in [0.1, 0.15) is 23.0 Å². The third-order valence-electron chi connectivity index (χ3n) is 7.70. The molecule has 0 spiro atoms. The first-order valence-corrected chi connectivity index (χ1v) is 13.9. The molecule has 1 aromatic heterocycles. The highest BCUT2D eigenvalue weighted by molar-refractivity contribution is 5.96. The van der Waals surface area contributed by atoms with E-state index in [1.54, 1.807) is 42.5 Å². The van der Waals surface area contributed by atoms with Crippen molar-refractivity contribution in [2.45, 2.75) is 50.9 Å². The van der Waals surface area contributed by atoms with E-state index in [-0.39, 0.29) is 46.9 Å². The van der Waals surface area contributed by atoms with Crippen molar-refractivity contribution in [3.05, 3.63) is 101 Å². The number of nitrogens with zero attached hydrogens (tertiary/aromatic N) is 3. The summed E-state index contributed by atoms with van der Waals surface area (Å²) in [5.41, 5.74) is 2.60. The third kappa shape index (κ3) is 7.70. The molecular formula is C31H35F2N5O2. The Morgan fingerprint density at radius 1 is 0.650 bits per heavy atom. The molecule has 40 heavy (non-hydrogen) atoms. The van der Waals surface area contributed by atoms with Crippen LogP contribution in [-0.4, -0.2) is 64.9 Å². The van der Waals surface area contributed by atoms with E-state index >= 15 is 0 Å². The fourth-order valence-electron chi connectivity index (χ4n) is 5.37. The van der Waals surface area contributed by atoms with Crippen molar-refractivity contribution in [1.29, 1.82) is 0 Å². The van der Waals surface area contributed by atoms with Crippen molar-refractivity contribution in [1.82, 2.24) is 25.4 Å². The van der Waals surface area contributed by atoms with Crippen LogP contribution in [0.25, 0.3) is 0 Å². The lowest BCUT2D eigenvalue weighted by Crippen LogP contribution is -2.45. The first-order chi connectivity index (χ1) is 19.4. The van der Waals surface area contributed by atoms with Gasteiger partial charge in [-0.25, -0.2) is 13.8 Å². The molecule has 0 aliphatic carbocycles. The summed E-state index contributed by atoms with van der Waals surface area (Å²) in [7, 11) is 0. The monoisotopic (exact) mass is 547 g/mol. The molecule has 2 aliphatic heterocycles. The minimum atomic E-state index is -0.277. The zero-order valence-electron chi connectivity index (χ0n) is 22.5. The molecule has 5 rings (SSSR count). The molecule has 2 amide bonds. The molecule has 2 N–H and O–H groups in total. The standard InChI is InChI=1S/C31H35F2N5O2/c32-24-8-4-22(5-9-24)20-37-16-12-26(13-17-37)34-30(39)28-2-1-3-29(36-28)31(40)35-27-14-18-38(19-15-27)21-23-6-10-25(33)11-7-23/h1-11,26-27H,12-21H2,(H,34,39)(H,35,40). The van der Waals surface area contributed by atoms with Crippen LogP contribution in [0.5, 0.6) is 0 Å². The molecule has 2 aromatic carbocycles. The van der Waals surface area contributed by atoms with Gasteiger partial charge in [-0.3, -0.25) is 19.4 Å². The maximum Gasteiger partial charge on any atom is 0.270 e. The average Bonchev–Trinajstić information content (AvgIpc) is 2.97. The SMILES string of the molecule is O=C(NC1CCN(Cc2ccc(F)cc2)CC1)c1cccc(C(=O)NC2CCN(Cc3ccc(F)cc3)CC2)n1. The van der Waals surface area contributed by atoms with Crippen LogP contribution in [0.1, 0.15) is 57.8 Å². The lowest BCUT2D eigenvalue weighted by atomic mass is 10.0. The van der Waals surface area contributed by atoms with Crippen molar-refractivity contribution in [2.75, 3.05) is 26.2 Å². The first-order valence-electron chi connectivity index (χ1n) is 13.9. The Bertz CT molecular complexity index is 1190. The number of likely N-dealkylation sites (tertiary alicyclic amines) is 2. The summed E-state index contributed by atoms with van der Waals surface area (Å²) in [4.78, 5) is 34.8. The third-order valence-corrected chi connectivity index (χ3v) is 7.70. The molecule has 7 nitrogen and oxygen atoms in total. The van der Waals surface area contributed by atoms with Gasteiger partial charge in [-0.05, 0) is 73.2 Å². The molecule has 210 valence electrons. The van der Waals surface area contributed by atoms with Gasteiger partial charge in [0.2, 0.25) is 0 Å². The van der Waals surface area contributed by atoms with E-state index in [2.05, 4.69) is 25.4 Å². The summed E-state index contributed by atoms with van der Waals surface area (Å²) in [5.74, 6) is -1.03. The van der Waals surface area contributed by atoms with Crippen molar-refractivity contribution in [3.63, 3.8) is 0 Å². The van der Waals surface area contributed by atoms with Crippen LogP contribution >= 0.6 is 0 Å².